The minimum Gasteiger partial charge on any atom is -0.497 e. The Balaban J connectivity index is 2.45. The molecule has 2 rings (SSSR count). The Hall–Kier alpha value is -1.71. The van der Waals surface area contributed by atoms with Crippen LogP contribution >= 0.6 is 0 Å². The number of aliphatic carboxylic acids is 1. The second kappa shape index (κ2) is 4.04. The Kier molecular flexibility index (Phi) is 2.73. The van der Waals surface area contributed by atoms with Gasteiger partial charge in [-0.25, -0.2) is 0 Å². The van der Waals surface area contributed by atoms with Gasteiger partial charge < -0.3 is 14.7 Å². The van der Waals surface area contributed by atoms with E-state index in [4.69, 9.17) is 9.84 Å². The van der Waals surface area contributed by atoms with Crippen molar-refractivity contribution in [1.82, 2.24) is 0 Å². The van der Waals surface area contributed by atoms with E-state index in [1.54, 1.807) is 7.11 Å². The predicted molar refractivity (Wildman–Crippen MR) is 61.3 cm³/mol. The molecule has 0 amide bonds. The summed E-state index contributed by atoms with van der Waals surface area (Å²) >= 11 is 0. The van der Waals surface area contributed by atoms with E-state index < -0.39 is 11.9 Å². The van der Waals surface area contributed by atoms with Crippen LogP contribution in [0.25, 0.3) is 0 Å². The van der Waals surface area contributed by atoms with Crippen molar-refractivity contribution in [3.8, 4) is 5.75 Å². The molecule has 0 bridgehead atoms. The van der Waals surface area contributed by atoms with Crippen molar-refractivity contribution in [1.29, 1.82) is 0 Å². The average Bonchev–Trinajstić information content (AvgIpc) is 2.66. The molecule has 1 aromatic rings. The van der Waals surface area contributed by atoms with E-state index in [0.717, 1.165) is 17.8 Å². The SMILES string of the molecule is CCN1CC(C(=O)O)c2cc(OC)ccc21. The normalized spacial score (nSPS) is 18.4. The fourth-order valence-corrected chi connectivity index (χ4v) is 2.15. The van der Waals surface area contributed by atoms with Gasteiger partial charge in [-0.1, -0.05) is 0 Å². The zero-order chi connectivity index (χ0) is 11.7. The maximum atomic E-state index is 11.2. The summed E-state index contributed by atoms with van der Waals surface area (Å²) in [6.07, 6.45) is 0. The summed E-state index contributed by atoms with van der Waals surface area (Å²) < 4.78 is 5.12. The first-order valence-electron chi connectivity index (χ1n) is 5.33. The highest BCUT2D eigenvalue weighted by molar-refractivity contribution is 5.83. The molecule has 1 aliphatic rings. The summed E-state index contributed by atoms with van der Waals surface area (Å²) in [7, 11) is 1.59. The fraction of sp³-hybridized carbons (Fsp3) is 0.417. The van der Waals surface area contributed by atoms with Gasteiger partial charge >= 0.3 is 5.97 Å². The van der Waals surface area contributed by atoms with Crippen LogP contribution in [0.1, 0.15) is 18.4 Å². The molecule has 0 saturated heterocycles. The second-order valence-electron chi connectivity index (χ2n) is 3.85. The largest absolute Gasteiger partial charge is 0.497 e. The third kappa shape index (κ3) is 1.60. The lowest BCUT2D eigenvalue weighted by molar-refractivity contribution is -0.138. The smallest absolute Gasteiger partial charge is 0.312 e. The molecular weight excluding hydrogens is 206 g/mol. The molecule has 4 nitrogen and oxygen atoms in total. The van der Waals surface area contributed by atoms with Crippen molar-refractivity contribution in [2.75, 3.05) is 25.1 Å². The van der Waals surface area contributed by atoms with E-state index in [0.29, 0.717) is 12.3 Å². The lowest BCUT2D eigenvalue weighted by Gasteiger charge is -2.16. The van der Waals surface area contributed by atoms with Crippen molar-refractivity contribution in [3.63, 3.8) is 0 Å². The Morgan fingerprint density at radius 2 is 2.38 bits per heavy atom. The fourth-order valence-electron chi connectivity index (χ4n) is 2.15. The molecule has 86 valence electrons. The van der Waals surface area contributed by atoms with Crippen LogP contribution in [0.2, 0.25) is 0 Å². The van der Waals surface area contributed by atoms with Crippen LogP contribution in [0.3, 0.4) is 0 Å². The summed E-state index contributed by atoms with van der Waals surface area (Å²) in [4.78, 5) is 13.2. The lowest BCUT2D eigenvalue weighted by Crippen LogP contribution is -2.23. The molecule has 1 aliphatic heterocycles. The van der Waals surface area contributed by atoms with Gasteiger partial charge in [0.25, 0.3) is 0 Å². The Morgan fingerprint density at radius 1 is 1.62 bits per heavy atom. The van der Waals surface area contributed by atoms with Crippen LogP contribution in [0, 0.1) is 0 Å². The van der Waals surface area contributed by atoms with Gasteiger partial charge in [-0.3, -0.25) is 4.79 Å². The van der Waals surface area contributed by atoms with E-state index in [-0.39, 0.29) is 0 Å². The van der Waals surface area contributed by atoms with Gasteiger partial charge in [-0.15, -0.1) is 0 Å². The van der Waals surface area contributed by atoms with Crippen molar-refractivity contribution < 1.29 is 14.6 Å². The van der Waals surface area contributed by atoms with Crippen LogP contribution in [0.15, 0.2) is 18.2 Å². The van der Waals surface area contributed by atoms with E-state index in [9.17, 15) is 4.79 Å². The van der Waals surface area contributed by atoms with E-state index in [2.05, 4.69) is 4.90 Å². The summed E-state index contributed by atoms with van der Waals surface area (Å²) in [5.41, 5.74) is 1.87. The third-order valence-corrected chi connectivity index (χ3v) is 3.03. The lowest BCUT2D eigenvalue weighted by atomic mass is 10.0. The highest BCUT2D eigenvalue weighted by atomic mass is 16.5. The van der Waals surface area contributed by atoms with Crippen molar-refractivity contribution in [2.24, 2.45) is 0 Å². The number of carbonyl (C=O) groups is 1. The van der Waals surface area contributed by atoms with E-state index in [1.807, 2.05) is 25.1 Å². The number of likely N-dealkylation sites (N-methyl/N-ethyl adjacent to an activating group) is 1. The highest BCUT2D eigenvalue weighted by Gasteiger charge is 2.33. The number of rotatable bonds is 3. The number of ether oxygens (including phenoxy) is 1. The van der Waals surface area contributed by atoms with Gasteiger partial charge in [0, 0.05) is 18.8 Å². The molecule has 1 N–H and O–H groups in total. The summed E-state index contributed by atoms with van der Waals surface area (Å²) in [5.74, 6) is -0.501. The first kappa shape index (κ1) is 10.8. The number of anilines is 1. The number of carboxylic acid groups (broad SMARTS) is 1. The maximum absolute atomic E-state index is 11.2. The number of benzene rings is 1. The molecule has 1 heterocycles. The van der Waals surface area contributed by atoms with Crippen LogP contribution in [-0.2, 0) is 4.79 Å². The minimum atomic E-state index is -0.773. The number of carboxylic acids is 1. The zero-order valence-electron chi connectivity index (χ0n) is 9.43. The van der Waals surface area contributed by atoms with Crippen LogP contribution in [0.5, 0.6) is 5.75 Å². The summed E-state index contributed by atoms with van der Waals surface area (Å²) in [6.45, 7) is 3.40. The predicted octanol–water partition coefficient (Wildman–Crippen LogP) is 1.70. The first-order chi connectivity index (χ1) is 7.67. The van der Waals surface area contributed by atoms with E-state index in [1.165, 1.54) is 0 Å². The molecule has 0 fully saturated rings. The van der Waals surface area contributed by atoms with Crippen molar-refractivity contribution >= 4 is 11.7 Å². The molecule has 0 radical (unpaired) electrons. The van der Waals surface area contributed by atoms with E-state index >= 15 is 0 Å². The maximum Gasteiger partial charge on any atom is 0.312 e. The number of fused-ring (bicyclic) bond motifs is 1. The van der Waals surface area contributed by atoms with Crippen molar-refractivity contribution in [2.45, 2.75) is 12.8 Å². The molecule has 0 aromatic heterocycles. The topological polar surface area (TPSA) is 49.8 Å². The van der Waals surface area contributed by atoms with Gasteiger partial charge in [0.2, 0.25) is 0 Å². The van der Waals surface area contributed by atoms with Gasteiger partial charge in [0.05, 0.1) is 7.11 Å². The van der Waals surface area contributed by atoms with Gasteiger partial charge in [-0.05, 0) is 30.7 Å². The molecule has 16 heavy (non-hydrogen) atoms. The third-order valence-electron chi connectivity index (χ3n) is 3.03. The molecule has 1 aromatic carbocycles. The van der Waals surface area contributed by atoms with Gasteiger partial charge in [-0.2, -0.15) is 0 Å². The Morgan fingerprint density at radius 3 is 2.94 bits per heavy atom. The van der Waals surface area contributed by atoms with Crippen LogP contribution < -0.4 is 9.64 Å². The number of hydrogen-bond donors (Lipinski definition) is 1. The Labute approximate surface area is 94.4 Å². The molecular formula is C12H15NO3. The highest BCUT2D eigenvalue weighted by Crippen LogP contribution is 2.38. The van der Waals surface area contributed by atoms with Gasteiger partial charge in [0.1, 0.15) is 11.7 Å². The van der Waals surface area contributed by atoms with Crippen LogP contribution in [-0.4, -0.2) is 31.3 Å². The monoisotopic (exact) mass is 221 g/mol. The average molecular weight is 221 g/mol. The number of nitrogens with zero attached hydrogens (tertiary/aromatic N) is 1. The zero-order valence-corrected chi connectivity index (χ0v) is 9.43. The standard InChI is InChI=1S/C12H15NO3/c1-3-13-7-10(12(14)15)9-6-8(16-2)4-5-11(9)13/h4-6,10H,3,7H2,1-2H3,(H,14,15). The number of methoxy groups -OCH3 is 1. The molecule has 1 unspecified atom stereocenters. The summed E-state index contributed by atoms with van der Waals surface area (Å²) in [5, 5.41) is 9.17. The Bertz CT molecular complexity index is 417. The molecule has 1 atom stereocenters. The summed E-state index contributed by atoms with van der Waals surface area (Å²) in [6, 6.07) is 5.62. The number of hydrogen-bond acceptors (Lipinski definition) is 3. The quantitative estimate of drug-likeness (QED) is 0.844. The van der Waals surface area contributed by atoms with Gasteiger partial charge in [0.15, 0.2) is 0 Å². The molecule has 0 spiro atoms. The van der Waals surface area contributed by atoms with Crippen LogP contribution in [0.4, 0.5) is 5.69 Å². The molecule has 4 heteroatoms. The van der Waals surface area contributed by atoms with Crippen molar-refractivity contribution in [3.05, 3.63) is 23.8 Å². The minimum absolute atomic E-state index is 0.440. The molecule has 0 saturated carbocycles. The first-order valence-corrected chi connectivity index (χ1v) is 5.33. The molecule has 0 aliphatic carbocycles. The second-order valence-corrected chi connectivity index (χ2v) is 3.85.